The van der Waals surface area contributed by atoms with Crippen LogP contribution < -0.4 is 0 Å². The van der Waals surface area contributed by atoms with Crippen molar-refractivity contribution in [2.75, 3.05) is 20.3 Å². The van der Waals surface area contributed by atoms with Gasteiger partial charge < -0.3 is 52.8 Å². The molecule has 15 heteroatoms. The molecule has 15 nitrogen and oxygen atoms in total. The number of carbonyl (C=O) groups is 4. The molecule has 5 aliphatic heterocycles. The first-order chi connectivity index (χ1) is 23.5. The van der Waals surface area contributed by atoms with E-state index in [1.54, 1.807) is 32.9 Å². The Balaban J connectivity index is 1.37. The minimum Gasteiger partial charge on any atom is -0.469 e. The van der Waals surface area contributed by atoms with E-state index in [4.69, 9.17) is 42.6 Å². The highest BCUT2D eigenvalue weighted by Gasteiger charge is 2.95. The second-order valence-corrected chi connectivity index (χ2v) is 15.6. The van der Waals surface area contributed by atoms with Crippen LogP contribution in [0, 0.1) is 34.0 Å². The van der Waals surface area contributed by atoms with Crippen LogP contribution in [0.2, 0.25) is 0 Å². The van der Waals surface area contributed by atoms with Gasteiger partial charge in [-0.1, -0.05) is 13.0 Å². The Morgan fingerprint density at radius 1 is 0.940 bits per heavy atom. The lowest BCUT2D eigenvalue weighted by atomic mass is 9.38. The van der Waals surface area contributed by atoms with Gasteiger partial charge in [-0.05, 0) is 33.3 Å². The van der Waals surface area contributed by atoms with Gasteiger partial charge in [-0.2, -0.15) is 0 Å². The van der Waals surface area contributed by atoms with Gasteiger partial charge in [0.25, 0.3) is 0 Å². The summed E-state index contributed by atoms with van der Waals surface area (Å²) in [5.41, 5.74) is -8.19. The van der Waals surface area contributed by atoms with Crippen molar-refractivity contribution >= 4 is 23.9 Å². The van der Waals surface area contributed by atoms with Crippen molar-refractivity contribution in [2.24, 2.45) is 34.0 Å². The topological polar surface area (TPSA) is 195 Å². The number of carbonyl (C=O) groups excluding carboxylic acids is 4. The van der Waals surface area contributed by atoms with E-state index >= 15 is 0 Å². The Labute approximate surface area is 288 Å². The van der Waals surface area contributed by atoms with Crippen molar-refractivity contribution in [1.82, 2.24) is 0 Å². The standard InChI is InChI=1S/C35H44O15/c1-8-15(2)26(39)48-19-12-20(46-16(3)36)33(28(40)42-7)14-44-22-23(33)32(19)13-45-27(47-17(4)37)24(32)30(5,25(22)38)35-21-11-18(31(35,6)50-35)34(41)9-10-43-29(34)49-21/h8-10,18-25,27,29,38,41H,11-14H2,1-7H3/b15-8+/t18-,19+,20-,21+,22-,23-,24+,25-,27-,29+,30+,31+,32+,33+,34+,35+/m1/s1. The summed E-state index contributed by atoms with van der Waals surface area (Å²) in [6.45, 7) is 8.91. The molecule has 274 valence electrons. The van der Waals surface area contributed by atoms with Crippen LogP contribution >= 0.6 is 0 Å². The smallest absolute Gasteiger partial charge is 0.333 e. The summed E-state index contributed by atoms with van der Waals surface area (Å²) >= 11 is 0. The normalized spacial score (nSPS) is 53.3. The molecule has 0 unspecified atom stereocenters. The van der Waals surface area contributed by atoms with E-state index in [0.29, 0.717) is 12.0 Å². The van der Waals surface area contributed by atoms with Gasteiger partial charge in [0.1, 0.15) is 28.8 Å². The molecule has 3 saturated carbocycles. The number of rotatable bonds is 6. The fourth-order valence-electron chi connectivity index (χ4n) is 12.0. The summed E-state index contributed by atoms with van der Waals surface area (Å²) < 4.78 is 55.3. The summed E-state index contributed by atoms with van der Waals surface area (Å²) in [4.78, 5) is 53.1. The lowest BCUT2D eigenvalue weighted by Gasteiger charge is -2.65. The molecule has 0 aromatic carbocycles. The molecule has 16 atom stereocenters. The Morgan fingerprint density at radius 3 is 2.32 bits per heavy atom. The fraction of sp³-hybridized carbons (Fsp3) is 0.771. The van der Waals surface area contributed by atoms with Crippen molar-refractivity contribution in [3.63, 3.8) is 0 Å². The van der Waals surface area contributed by atoms with Crippen LogP contribution in [0.25, 0.3) is 0 Å². The first-order valence-electron chi connectivity index (χ1n) is 17.1. The van der Waals surface area contributed by atoms with Gasteiger partial charge in [-0.25, -0.2) is 4.79 Å². The predicted molar refractivity (Wildman–Crippen MR) is 163 cm³/mol. The first-order valence-corrected chi connectivity index (χ1v) is 17.1. The van der Waals surface area contributed by atoms with Crippen LogP contribution in [0.5, 0.6) is 0 Å². The van der Waals surface area contributed by atoms with Gasteiger partial charge in [-0.3, -0.25) is 14.4 Å². The third-order valence-corrected chi connectivity index (χ3v) is 13.9. The summed E-state index contributed by atoms with van der Waals surface area (Å²) in [7, 11) is 1.22. The molecule has 7 fully saturated rings. The van der Waals surface area contributed by atoms with Crippen LogP contribution in [0.1, 0.15) is 54.4 Å². The maximum atomic E-state index is 14.2. The quantitative estimate of drug-likeness (QED) is 0.171. The fourth-order valence-corrected chi connectivity index (χ4v) is 12.0. The van der Waals surface area contributed by atoms with Crippen LogP contribution in [0.4, 0.5) is 0 Å². The van der Waals surface area contributed by atoms with Gasteiger partial charge in [0.2, 0.25) is 12.6 Å². The highest BCUT2D eigenvalue weighted by atomic mass is 16.7. The monoisotopic (exact) mass is 704 g/mol. The zero-order valence-corrected chi connectivity index (χ0v) is 29.0. The number of epoxide rings is 1. The maximum Gasteiger partial charge on any atom is 0.333 e. The summed E-state index contributed by atoms with van der Waals surface area (Å²) in [5, 5.41) is 24.8. The molecule has 2 bridgehead atoms. The van der Waals surface area contributed by atoms with E-state index in [1.165, 1.54) is 27.2 Å². The lowest BCUT2D eigenvalue weighted by Crippen LogP contribution is -2.77. The van der Waals surface area contributed by atoms with Crippen LogP contribution in [-0.2, 0) is 61.8 Å². The molecule has 4 saturated heterocycles. The number of esters is 4. The molecule has 0 radical (unpaired) electrons. The maximum absolute atomic E-state index is 14.2. The van der Waals surface area contributed by atoms with E-state index in [2.05, 4.69) is 0 Å². The minimum absolute atomic E-state index is 0.156. The predicted octanol–water partition coefficient (Wildman–Crippen LogP) is 0.825. The zero-order valence-electron chi connectivity index (χ0n) is 29.0. The van der Waals surface area contributed by atoms with E-state index in [0.717, 1.165) is 0 Å². The summed E-state index contributed by atoms with van der Waals surface area (Å²) in [6.07, 6.45) is -3.18. The van der Waals surface area contributed by atoms with Crippen molar-refractivity contribution in [3.05, 3.63) is 24.0 Å². The molecule has 8 rings (SSSR count). The Kier molecular flexibility index (Phi) is 7.15. The van der Waals surface area contributed by atoms with Crippen molar-refractivity contribution in [1.29, 1.82) is 0 Å². The molecule has 0 aromatic heterocycles. The van der Waals surface area contributed by atoms with Crippen molar-refractivity contribution in [2.45, 2.75) is 114 Å². The van der Waals surface area contributed by atoms with Gasteiger partial charge in [0.15, 0.2) is 5.60 Å². The largest absolute Gasteiger partial charge is 0.469 e. The van der Waals surface area contributed by atoms with Gasteiger partial charge >= 0.3 is 23.9 Å². The van der Waals surface area contributed by atoms with Crippen LogP contribution in [-0.4, -0.2) is 114 Å². The van der Waals surface area contributed by atoms with E-state index < -0.39 is 118 Å². The molecular weight excluding hydrogens is 660 g/mol. The molecule has 2 N–H and O–H groups in total. The Hall–Kier alpha value is -3.08. The number of ether oxygens (including phenoxy) is 9. The minimum atomic E-state index is -1.67. The van der Waals surface area contributed by atoms with E-state index in [9.17, 15) is 29.4 Å². The second kappa shape index (κ2) is 10.5. The molecule has 3 aliphatic carbocycles. The third kappa shape index (κ3) is 3.66. The number of fused-ring (bicyclic) bond motifs is 7. The zero-order chi connectivity index (χ0) is 36.0. The molecule has 0 amide bonds. The number of hydrogen-bond acceptors (Lipinski definition) is 15. The number of methoxy groups -OCH3 is 1. The number of aliphatic hydroxyl groups is 2. The first kappa shape index (κ1) is 34.0. The van der Waals surface area contributed by atoms with Crippen LogP contribution in [0.3, 0.4) is 0 Å². The van der Waals surface area contributed by atoms with Gasteiger partial charge in [0, 0.05) is 54.4 Å². The van der Waals surface area contributed by atoms with E-state index in [-0.39, 0.29) is 19.6 Å². The highest BCUT2D eigenvalue weighted by Crippen LogP contribution is 2.82. The molecule has 0 aromatic rings. The number of hydrogen-bond donors (Lipinski definition) is 2. The van der Waals surface area contributed by atoms with Gasteiger partial charge in [0.05, 0.1) is 44.9 Å². The molecule has 5 heterocycles. The third-order valence-electron chi connectivity index (χ3n) is 13.9. The second-order valence-electron chi connectivity index (χ2n) is 15.6. The molecular formula is C35H44O15. The average molecular weight is 705 g/mol. The average Bonchev–Trinajstić information content (AvgIpc) is 3.47. The Bertz CT molecular complexity index is 1610. The molecule has 1 spiro atoms. The van der Waals surface area contributed by atoms with Crippen molar-refractivity contribution in [3.8, 4) is 0 Å². The number of aliphatic hydroxyl groups excluding tert-OH is 1. The summed E-state index contributed by atoms with van der Waals surface area (Å²) in [6, 6.07) is 0. The van der Waals surface area contributed by atoms with Crippen molar-refractivity contribution < 1.29 is 72.0 Å². The lowest BCUT2D eigenvalue weighted by molar-refractivity contribution is -0.303. The molecule has 8 aliphatic rings. The van der Waals surface area contributed by atoms with Gasteiger partial charge in [-0.15, -0.1) is 0 Å². The highest BCUT2D eigenvalue weighted by molar-refractivity contribution is 5.88. The summed E-state index contributed by atoms with van der Waals surface area (Å²) in [5.74, 6) is -5.31. The van der Waals surface area contributed by atoms with E-state index in [1.807, 2.05) is 6.92 Å². The Morgan fingerprint density at radius 2 is 1.66 bits per heavy atom. The number of allylic oxidation sites excluding steroid dienone is 1. The van der Waals surface area contributed by atoms with Crippen LogP contribution in [0.15, 0.2) is 24.0 Å². The SMILES string of the molecule is C/C=C(\C)C(=O)O[C@H]1C[C@@H](OC(C)=O)[C@@]2(C(=O)OC)CO[C@H]3[C@@H](O)[C@@](C)([C@]45O[C@@]4(C)[C@H]4C[C@@H]5O[C@@H]5OC=C[C@@]54O)[C@@H]4[C@@H](OC(C)=O)OC[C@@]14[C@@H]32. The molecule has 50 heavy (non-hydrogen) atoms.